The van der Waals surface area contributed by atoms with E-state index in [0.717, 1.165) is 12.8 Å². The van der Waals surface area contributed by atoms with Crippen LogP contribution in [0.3, 0.4) is 0 Å². The number of ketones is 1. The maximum atomic E-state index is 11.8. The molecule has 0 aliphatic carbocycles. The van der Waals surface area contributed by atoms with Crippen LogP contribution in [-0.2, 0) is 23.7 Å². The van der Waals surface area contributed by atoms with Crippen LogP contribution in [0.2, 0.25) is 0 Å². The zero-order valence-corrected chi connectivity index (χ0v) is 21.0. The maximum absolute atomic E-state index is 11.8. The number of ether oxygens (including phenoxy) is 4. The van der Waals surface area contributed by atoms with Gasteiger partial charge in [-0.2, -0.15) is 0 Å². The molecular formula is C28H34O8. The summed E-state index contributed by atoms with van der Waals surface area (Å²) in [5.41, 5.74) is 0.877. The van der Waals surface area contributed by atoms with Gasteiger partial charge >= 0.3 is 11.9 Å². The Kier molecular flexibility index (Phi) is 9.75. The minimum atomic E-state index is -1.06. The summed E-state index contributed by atoms with van der Waals surface area (Å²) in [7, 11) is 0. The van der Waals surface area contributed by atoms with Crippen molar-refractivity contribution >= 4 is 17.7 Å². The summed E-state index contributed by atoms with van der Waals surface area (Å²) in [6, 6.07) is 17.3. The molecule has 0 bridgehead atoms. The molecule has 7 atom stereocenters. The summed E-state index contributed by atoms with van der Waals surface area (Å²) < 4.78 is 21.3. The molecule has 2 aliphatic heterocycles. The lowest BCUT2D eigenvalue weighted by Gasteiger charge is -2.15. The highest BCUT2D eigenvalue weighted by Crippen LogP contribution is 2.30. The van der Waals surface area contributed by atoms with Crippen LogP contribution < -0.4 is 0 Å². The highest BCUT2D eigenvalue weighted by Gasteiger charge is 2.43. The first-order valence-electron chi connectivity index (χ1n) is 12.3. The van der Waals surface area contributed by atoms with Crippen LogP contribution in [0.1, 0.15) is 61.3 Å². The van der Waals surface area contributed by atoms with Crippen LogP contribution >= 0.6 is 0 Å². The third kappa shape index (κ3) is 6.57. The van der Waals surface area contributed by atoms with Crippen LogP contribution in [-0.4, -0.2) is 53.7 Å². The number of rotatable bonds is 6. The van der Waals surface area contributed by atoms with Gasteiger partial charge < -0.3 is 24.1 Å². The fourth-order valence-corrected chi connectivity index (χ4v) is 4.17. The van der Waals surface area contributed by atoms with Crippen LogP contribution in [0.4, 0.5) is 0 Å². The van der Waals surface area contributed by atoms with Crippen LogP contribution in [0.15, 0.2) is 60.7 Å². The second kappa shape index (κ2) is 12.8. The molecule has 0 unspecified atom stereocenters. The predicted molar refractivity (Wildman–Crippen MR) is 131 cm³/mol. The van der Waals surface area contributed by atoms with Crippen LogP contribution in [0.25, 0.3) is 0 Å². The van der Waals surface area contributed by atoms with Crippen LogP contribution in [0.5, 0.6) is 0 Å². The van der Waals surface area contributed by atoms with Crippen molar-refractivity contribution in [3.05, 3.63) is 71.8 Å². The summed E-state index contributed by atoms with van der Waals surface area (Å²) >= 11 is 0. The number of aliphatic hydroxyl groups is 1. The zero-order chi connectivity index (χ0) is 26.2. The Hall–Kier alpha value is -3.07. The van der Waals surface area contributed by atoms with Gasteiger partial charge in [0.15, 0.2) is 0 Å². The SMILES string of the molecule is CC[C@H]1O[C@H](OC(=O)c2ccccc2)C(=O)[C@@H]1C.CC[C@H]1O[C@H](OC(=O)c2ccccc2)[C@H](O)[C@@H]1C. The number of Topliss-reactive ketones (excluding diaryl/α,β-unsaturated/α-hetero) is 1. The van der Waals surface area contributed by atoms with Gasteiger partial charge in [-0.3, -0.25) is 4.79 Å². The number of carbonyl (C=O) groups is 3. The minimum absolute atomic E-state index is 0.0245. The second-order valence-electron chi connectivity index (χ2n) is 8.95. The van der Waals surface area contributed by atoms with E-state index in [2.05, 4.69) is 0 Å². The second-order valence-corrected chi connectivity index (χ2v) is 8.95. The largest absolute Gasteiger partial charge is 0.429 e. The molecule has 2 aromatic rings. The van der Waals surface area contributed by atoms with Gasteiger partial charge in [-0.25, -0.2) is 9.59 Å². The van der Waals surface area contributed by atoms with E-state index in [1.54, 1.807) is 55.5 Å². The maximum Gasteiger partial charge on any atom is 0.340 e. The molecule has 2 heterocycles. The molecule has 36 heavy (non-hydrogen) atoms. The van der Waals surface area contributed by atoms with Gasteiger partial charge in [0.2, 0.25) is 12.1 Å². The van der Waals surface area contributed by atoms with Gasteiger partial charge in [-0.15, -0.1) is 0 Å². The number of benzene rings is 2. The fraction of sp³-hybridized carbons (Fsp3) is 0.464. The Bertz CT molecular complexity index is 1010. The van der Waals surface area contributed by atoms with Gasteiger partial charge in [0.1, 0.15) is 6.10 Å². The molecule has 0 saturated carbocycles. The molecule has 194 valence electrons. The van der Waals surface area contributed by atoms with E-state index < -0.39 is 30.6 Å². The fourth-order valence-electron chi connectivity index (χ4n) is 4.17. The van der Waals surface area contributed by atoms with E-state index in [4.69, 9.17) is 18.9 Å². The average molecular weight is 499 g/mol. The molecule has 2 saturated heterocycles. The van der Waals surface area contributed by atoms with Crippen molar-refractivity contribution in [1.29, 1.82) is 0 Å². The molecule has 4 rings (SSSR count). The van der Waals surface area contributed by atoms with Crippen molar-refractivity contribution in [3.8, 4) is 0 Å². The zero-order valence-electron chi connectivity index (χ0n) is 21.0. The first-order valence-corrected chi connectivity index (χ1v) is 12.3. The standard InChI is InChI=1S/C14H18O4.C14H16O4/c2*1-3-11-9(2)12(15)14(17-11)18-13(16)10-7-5-4-6-8-10/h4-9,11-12,14-15H,3H2,1-2H3;4-9,11,14H,3H2,1-2H3/t9-,11-,12-,14-;9-,11-,14-/m11/s1. The number of esters is 2. The predicted octanol–water partition coefficient (Wildman–Crippen LogP) is 4.16. The van der Waals surface area contributed by atoms with E-state index >= 15 is 0 Å². The van der Waals surface area contributed by atoms with Crippen molar-refractivity contribution in [2.45, 2.75) is 71.4 Å². The molecule has 8 heteroatoms. The monoisotopic (exact) mass is 498 g/mol. The van der Waals surface area contributed by atoms with Gasteiger partial charge in [0.05, 0.1) is 23.3 Å². The summed E-state index contributed by atoms with van der Waals surface area (Å²) in [4.78, 5) is 35.5. The first kappa shape index (κ1) is 27.5. The van der Waals surface area contributed by atoms with E-state index in [1.165, 1.54) is 0 Å². The quantitative estimate of drug-likeness (QED) is 0.592. The Morgan fingerprint density at radius 2 is 1.31 bits per heavy atom. The van der Waals surface area contributed by atoms with Crippen molar-refractivity contribution < 1.29 is 38.4 Å². The normalized spacial score (nSPS) is 29.2. The summed E-state index contributed by atoms with van der Waals surface area (Å²) in [5, 5.41) is 9.95. The Labute approximate surface area is 211 Å². The van der Waals surface area contributed by atoms with Gasteiger partial charge in [0, 0.05) is 11.8 Å². The van der Waals surface area contributed by atoms with E-state index in [1.807, 2.05) is 32.9 Å². The molecule has 0 aromatic heterocycles. The molecule has 2 aliphatic rings. The molecule has 2 fully saturated rings. The number of aliphatic hydroxyl groups excluding tert-OH is 1. The molecule has 8 nitrogen and oxygen atoms in total. The number of carbonyl (C=O) groups excluding carboxylic acids is 3. The lowest BCUT2D eigenvalue weighted by molar-refractivity contribution is -0.145. The van der Waals surface area contributed by atoms with Gasteiger partial charge in [-0.1, -0.05) is 64.1 Å². The van der Waals surface area contributed by atoms with E-state index in [-0.39, 0.29) is 29.8 Å². The molecule has 0 spiro atoms. The minimum Gasteiger partial charge on any atom is -0.429 e. The lowest BCUT2D eigenvalue weighted by atomic mass is 9.99. The Morgan fingerprint density at radius 1 is 0.806 bits per heavy atom. The molecule has 1 N–H and O–H groups in total. The van der Waals surface area contributed by atoms with Crippen molar-refractivity contribution in [3.63, 3.8) is 0 Å². The molecule has 0 radical (unpaired) electrons. The smallest absolute Gasteiger partial charge is 0.340 e. The van der Waals surface area contributed by atoms with Gasteiger partial charge in [-0.05, 0) is 37.1 Å². The lowest BCUT2D eigenvalue weighted by Crippen LogP contribution is -2.30. The van der Waals surface area contributed by atoms with Crippen LogP contribution in [0, 0.1) is 11.8 Å². The molecular weight excluding hydrogens is 464 g/mol. The molecule has 2 aromatic carbocycles. The first-order chi connectivity index (χ1) is 17.3. The van der Waals surface area contributed by atoms with Gasteiger partial charge in [0.25, 0.3) is 6.29 Å². The number of hydrogen-bond donors (Lipinski definition) is 1. The van der Waals surface area contributed by atoms with Crippen molar-refractivity contribution in [2.75, 3.05) is 0 Å². The summed E-state index contributed by atoms with van der Waals surface area (Å²) in [6.07, 6.45) is -1.39. The third-order valence-corrected chi connectivity index (χ3v) is 6.51. The summed E-state index contributed by atoms with van der Waals surface area (Å²) in [5.74, 6) is -1.40. The highest BCUT2D eigenvalue weighted by atomic mass is 16.7. The molecule has 0 amide bonds. The summed E-state index contributed by atoms with van der Waals surface area (Å²) in [6.45, 7) is 7.62. The van der Waals surface area contributed by atoms with Crippen molar-refractivity contribution in [1.82, 2.24) is 0 Å². The number of hydrogen-bond acceptors (Lipinski definition) is 8. The Morgan fingerprint density at radius 3 is 1.75 bits per heavy atom. The van der Waals surface area contributed by atoms with E-state index in [0.29, 0.717) is 11.1 Å². The Balaban J connectivity index is 0.000000201. The van der Waals surface area contributed by atoms with Crippen molar-refractivity contribution in [2.24, 2.45) is 11.8 Å². The highest BCUT2D eigenvalue weighted by molar-refractivity contribution is 5.93. The third-order valence-electron chi connectivity index (χ3n) is 6.51. The average Bonchev–Trinajstić information content (AvgIpc) is 3.34. The van der Waals surface area contributed by atoms with E-state index in [9.17, 15) is 19.5 Å². The topological polar surface area (TPSA) is 108 Å².